The Balaban J connectivity index is 1.04. The molecule has 0 fully saturated rings. The molecule has 11 aromatic rings. The van der Waals surface area contributed by atoms with E-state index < -0.39 is 5.41 Å². The number of aromatic nitrogens is 4. The molecule has 294 valence electrons. The Morgan fingerprint density at radius 3 is 1.65 bits per heavy atom. The highest BCUT2D eigenvalue weighted by molar-refractivity contribution is 6.12. The van der Waals surface area contributed by atoms with Crippen molar-refractivity contribution in [2.45, 2.75) is 18.3 Å². The summed E-state index contributed by atoms with van der Waals surface area (Å²) < 4.78 is 9.68. The highest BCUT2D eigenvalue weighted by atomic mass is 16.3. The van der Waals surface area contributed by atoms with Crippen molar-refractivity contribution in [3.63, 3.8) is 0 Å². The van der Waals surface area contributed by atoms with Crippen molar-refractivity contribution in [3.8, 4) is 62.1 Å². The average Bonchev–Trinajstić information content (AvgIpc) is 4.08. The Morgan fingerprint density at radius 2 is 1.00 bits per heavy atom. The molecule has 3 aromatic heterocycles. The van der Waals surface area contributed by atoms with Crippen LogP contribution in [0.4, 0.5) is 0 Å². The summed E-state index contributed by atoms with van der Waals surface area (Å²) in [5.74, 6) is 1.80. The second kappa shape index (κ2) is 12.9. The van der Waals surface area contributed by atoms with Crippen LogP contribution in [0.15, 0.2) is 192 Å². The number of hydrogen-bond donors (Lipinski definition) is 0. The Hall–Kier alpha value is -8.15. The highest BCUT2D eigenvalue weighted by Gasteiger charge is 2.53. The third-order valence-corrected chi connectivity index (χ3v) is 13.7. The van der Waals surface area contributed by atoms with Crippen LogP contribution in [-0.4, -0.2) is 19.5 Å². The van der Waals surface area contributed by atoms with Gasteiger partial charge in [-0.25, -0.2) is 15.0 Å². The maximum Gasteiger partial charge on any atom is 0.167 e. The molecule has 3 aliphatic rings. The molecule has 0 radical (unpaired) electrons. The van der Waals surface area contributed by atoms with Gasteiger partial charge in [0.05, 0.1) is 22.2 Å². The number of rotatable bonds is 4. The molecule has 5 nitrogen and oxygen atoms in total. The van der Waals surface area contributed by atoms with E-state index in [1.54, 1.807) is 0 Å². The van der Waals surface area contributed by atoms with Gasteiger partial charge >= 0.3 is 0 Å². The molecule has 0 N–H and O–H groups in total. The third kappa shape index (κ3) is 4.63. The number of para-hydroxylation sites is 2. The molecule has 0 unspecified atom stereocenters. The Bertz CT molecular complexity index is 3620. The largest absolute Gasteiger partial charge is 0.453 e. The molecule has 0 amide bonds. The summed E-state index contributed by atoms with van der Waals surface area (Å²) in [6.07, 6.45) is 6.61. The van der Waals surface area contributed by atoms with Gasteiger partial charge in [-0.15, -0.1) is 0 Å². The molecule has 0 aliphatic heterocycles. The van der Waals surface area contributed by atoms with Gasteiger partial charge in [-0.2, -0.15) is 0 Å². The third-order valence-electron chi connectivity index (χ3n) is 13.7. The van der Waals surface area contributed by atoms with Gasteiger partial charge in [-0.05, 0) is 87.2 Å². The quantitative estimate of drug-likeness (QED) is 0.178. The molecule has 3 aliphatic carbocycles. The number of aryl methyl sites for hydroxylation is 1. The molecule has 3 heterocycles. The summed E-state index contributed by atoms with van der Waals surface area (Å²) in [5.41, 5.74) is 19.3. The van der Waals surface area contributed by atoms with Crippen LogP contribution in [0.3, 0.4) is 0 Å². The molecular weight excluding hydrogens is 769 g/mol. The minimum absolute atomic E-state index is 0.457. The lowest BCUT2D eigenvalue weighted by Crippen LogP contribution is -2.26. The van der Waals surface area contributed by atoms with E-state index in [1.165, 1.54) is 66.7 Å². The van der Waals surface area contributed by atoms with Crippen LogP contribution >= 0.6 is 0 Å². The monoisotopic (exact) mass is 804 g/mol. The van der Waals surface area contributed by atoms with Crippen molar-refractivity contribution < 1.29 is 4.42 Å². The van der Waals surface area contributed by atoms with E-state index in [0.29, 0.717) is 17.5 Å². The fraction of sp³-hybridized carbons (Fsp3) is 0.0517. The van der Waals surface area contributed by atoms with Crippen LogP contribution in [0.25, 0.3) is 101 Å². The summed E-state index contributed by atoms with van der Waals surface area (Å²) in [6, 6.07) is 65.1. The molecule has 8 aromatic carbocycles. The van der Waals surface area contributed by atoms with Crippen LogP contribution in [0.1, 0.15) is 39.9 Å². The minimum Gasteiger partial charge on any atom is -0.453 e. The standard InChI is InChI=1S/C58H36N4O/c1-3-17-35(18-4-1)55-59-56(36-19-5-2-6-20-36)61-57(60-55)44-27-15-25-41-42-26-16-32-50(54(42)63-53(41)44)62-48-31-14-10-24-43(48)51-49(62)34-33-40-39-23-9-13-30-47(39)58(52(40)51)45-28-11-7-21-37(45)38-22-8-12-29-46(38)58/h1-9,11-23,25-34H,10,24H2. The van der Waals surface area contributed by atoms with Gasteiger partial charge in [0.25, 0.3) is 0 Å². The van der Waals surface area contributed by atoms with E-state index in [2.05, 4.69) is 138 Å². The zero-order valence-corrected chi connectivity index (χ0v) is 34.1. The van der Waals surface area contributed by atoms with Gasteiger partial charge in [0.1, 0.15) is 5.58 Å². The maximum absolute atomic E-state index is 7.21. The molecule has 5 heteroatoms. The first-order chi connectivity index (χ1) is 31.3. The van der Waals surface area contributed by atoms with Crippen molar-refractivity contribution >= 4 is 38.9 Å². The fourth-order valence-corrected chi connectivity index (χ4v) is 11.3. The molecule has 1 spiro atoms. The lowest BCUT2D eigenvalue weighted by molar-refractivity contribution is 0.666. The average molecular weight is 805 g/mol. The Kier molecular flexibility index (Phi) is 7.09. The zero-order chi connectivity index (χ0) is 41.2. The second-order valence-corrected chi connectivity index (χ2v) is 16.9. The minimum atomic E-state index is -0.457. The van der Waals surface area contributed by atoms with E-state index in [0.717, 1.165) is 57.2 Å². The van der Waals surface area contributed by atoms with Gasteiger partial charge in [0.15, 0.2) is 23.1 Å². The summed E-state index contributed by atoms with van der Waals surface area (Å²) in [7, 11) is 0. The number of furan rings is 1. The molecular formula is C58H36N4O. The molecule has 0 saturated heterocycles. The van der Waals surface area contributed by atoms with E-state index in [9.17, 15) is 0 Å². The van der Waals surface area contributed by atoms with Crippen LogP contribution in [0.2, 0.25) is 0 Å². The van der Waals surface area contributed by atoms with Crippen LogP contribution in [0, 0.1) is 0 Å². The fourth-order valence-electron chi connectivity index (χ4n) is 11.3. The molecule has 0 atom stereocenters. The summed E-state index contributed by atoms with van der Waals surface area (Å²) in [6.45, 7) is 0. The number of benzene rings is 8. The van der Waals surface area contributed by atoms with Gasteiger partial charge in [-0.3, -0.25) is 0 Å². The summed E-state index contributed by atoms with van der Waals surface area (Å²) >= 11 is 0. The first-order valence-electron chi connectivity index (χ1n) is 21.8. The maximum atomic E-state index is 7.21. The van der Waals surface area contributed by atoms with Gasteiger partial charge in [-0.1, -0.05) is 170 Å². The van der Waals surface area contributed by atoms with E-state index in [1.807, 2.05) is 60.7 Å². The Labute approximate surface area is 363 Å². The van der Waals surface area contributed by atoms with Crippen molar-refractivity contribution in [2.75, 3.05) is 0 Å². The number of allylic oxidation sites excluding steroid dienone is 1. The second-order valence-electron chi connectivity index (χ2n) is 16.9. The summed E-state index contributed by atoms with van der Waals surface area (Å²) in [4.78, 5) is 15.2. The van der Waals surface area contributed by atoms with Gasteiger partial charge in [0, 0.05) is 33.0 Å². The van der Waals surface area contributed by atoms with Gasteiger partial charge < -0.3 is 8.98 Å². The topological polar surface area (TPSA) is 56.7 Å². The number of nitrogens with zero attached hydrogens (tertiary/aromatic N) is 4. The van der Waals surface area contributed by atoms with E-state index in [4.69, 9.17) is 19.4 Å². The van der Waals surface area contributed by atoms with E-state index >= 15 is 0 Å². The first kappa shape index (κ1) is 34.6. The summed E-state index contributed by atoms with van der Waals surface area (Å²) in [5, 5.41) is 3.40. The molecule has 0 bridgehead atoms. The molecule has 14 rings (SSSR count). The van der Waals surface area contributed by atoms with Crippen LogP contribution in [0.5, 0.6) is 0 Å². The predicted molar refractivity (Wildman–Crippen MR) is 254 cm³/mol. The van der Waals surface area contributed by atoms with E-state index in [-0.39, 0.29) is 0 Å². The lowest BCUT2D eigenvalue weighted by Gasteiger charge is -2.31. The smallest absolute Gasteiger partial charge is 0.167 e. The normalized spacial score (nSPS) is 14.0. The van der Waals surface area contributed by atoms with Gasteiger partial charge in [0.2, 0.25) is 0 Å². The Morgan fingerprint density at radius 1 is 0.460 bits per heavy atom. The predicted octanol–water partition coefficient (Wildman–Crippen LogP) is 14.0. The molecule has 63 heavy (non-hydrogen) atoms. The van der Waals surface area contributed by atoms with Crippen molar-refractivity contribution in [3.05, 3.63) is 222 Å². The van der Waals surface area contributed by atoms with Crippen molar-refractivity contribution in [1.82, 2.24) is 19.5 Å². The zero-order valence-electron chi connectivity index (χ0n) is 34.1. The number of hydrogen-bond acceptors (Lipinski definition) is 4. The number of fused-ring (bicyclic) bond motifs is 17. The van der Waals surface area contributed by atoms with Crippen molar-refractivity contribution in [1.29, 1.82) is 0 Å². The lowest BCUT2D eigenvalue weighted by atomic mass is 9.69. The SMILES string of the molecule is C1=Cc2c(c3c4c(ccc3n2-c2cccc3c2oc2c(-c5nc(-c6ccccc6)nc(-c6ccccc6)n5)cccc23)-c2ccccc2C42c3ccccc3-c3ccccc32)CC1. The van der Waals surface area contributed by atoms with Crippen LogP contribution < -0.4 is 0 Å². The molecule has 0 saturated carbocycles. The highest BCUT2D eigenvalue weighted by Crippen LogP contribution is 2.64. The van der Waals surface area contributed by atoms with Crippen molar-refractivity contribution in [2.24, 2.45) is 0 Å². The first-order valence-corrected chi connectivity index (χ1v) is 21.8. The van der Waals surface area contributed by atoms with Crippen LogP contribution in [-0.2, 0) is 11.8 Å².